The topological polar surface area (TPSA) is 17.8 Å². The predicted octanol–water partition coefficient (Wildman–Crippen LogP) is 5.08. The van der Waals surface area contributed by atoms with Crippen molar-refractivity contribution in [3.63, 3.8) is 0 Å². The van der Waals surface area contributed by atoms with E-state index in [1.807, 2.05) is 29.0 Å². The Morgan fingerprint density at radius 2 is 2.00 bits per heavy atom. The summed E-state index contributed by atoms with van der Waals surface area (Å²) < 4.78 is 16.9. The molecule has 0 saturated carbocycles. The molecule has 112 valence electrons. The van der Waals surface area contributed by atoms with Crippen molar-refractivity contribution >= 4 is 27.5 Å². The first-order valence-electron chi connectivity index (χ1n) is 6.81. The van der Waals surface area contributed by atoms with Crippen molar-refractivity contribution in [3.05, 3.63) is 87.1 Å². The summed E-state index contributed by atoms with van der Waals surface area (Å²) in [6, 6.07) is 12.8. The van der Waals surface area contributed by atoms with Gasteiger partial charge in [-0.15, -0.1) is 0 Å². The Hall–Kier alpha value is -1.65. The molecule has 0 saturated heterocycles. The summed E-state index contributed by atoms with van der Waals surface area (Å²) >= 11 is 9.56. The highest BCUT2D eigenvalue weighted by molar-refractivity contribution is 9.10. The first-order valence-corrected chi connectivity index (χ1v) is 7.98. The Labute approximate surface area is 141 Å². The number of aromatic nitrogens is 2. The van der Waals surface area contributed by atoms with Crippen LogP contribution < -0.4 is 0 Å². The van der Waals surface area contributed by atoms with Crippen molar-refractivity contribution in [2.24, 2.45) is 0 Å². The summed E-state index contributed by atoms with van der Waals surface area (Å²) in [7, 11) is 0. The van der Waals surface area contributed by atoms with Crippen LogP contribution in [0.4, 0.5) is 4.39 Å². The lowest BCUT2D eigenvalue weighted by Gasteiger charge is -2.10. The van der Waals surface area contributed by atoms with Gasteiger partial charge in [-0.05, 0) is 29.8 Å². The highest BCUT2D eigenvalue weighted by Crippen LogP contribution is 2.21. The minimum absolute atomic E-state index is 0.297. The number of halogens is 3. The van der Waals surface area contributed by atoms with Gasteiger partial charge in [0.25, 0.3) is 0 Å². The monoisotopic (exact) mass is 378 g/mol. The average Bonchev–Trinajstić information content (AvgIpc) is 2.90. The van der Waals surface area contributed by atoms with E-state index in [1.54, 1.807) is 18.3 Å². The molecule has 0 unspecified atom stereocenters. The summed E-state index contributed by atoms with van der Waals surface area (Å²) in [6.45, 7) is 0.370. The molecule has 0 spiro atoms. The van der Waals surface area contributed by atoms with Crippen LogP contribution in [0.3, 0.4) is 0 Å². The van der Waals surface area contributed by atoms with E-state index in [0.29, 0.717) is 23.6 Å². The highest BCUT2D eigenvalue weighted by atomic mass is 79.9. The van der Waals surface area contributed by atoms with E-state index in [1.165, 1.54) is 6.07 Å². The molecule has 1 aromatic heterocycles. The van der Waals surface area contributed by atoms with Gasteiger partial charge in [0.1, 0.15) is 11.6 Å². The quantitative estimate of drug-likeness (QED) is 0.618. The lowest BCUT2D eigenvalue weighted by molar-refractivity contribution is 0.595. The van der Waals surface area contributed by atoms with E-state index in [0.717, 1.165) is 15.9 Å². The van der Waals surface area contributed by atoms with Gasteiger partial charge in [0.2, 0.25) is 0 Å². The fourth-order valence-electron chi connectivity index (χ4n) is 2.33. The number of nitrogens with zero attached hydrogens (tertiary/aromatic N) is 2. The van der Waals surface area contributed by atoms with Gasteiger partial charge in [0, 0.05) is 33.9 Å². The third kappa shape index (κ3) is 3.39. The summed E-state index contributed by atoms with van der Waals surface area (Å²) in [5.74, 6) is 0.576. The summed E-state index contributed by atoms with van der Waals surface area (Å²) in [6.07, 6.45) is 4.25. The molecule has 0 radical (unpaired) electrons. The second kappa shape index (κ2) is 6.63. The zero-order chi connectivity index (χ0) is 15.5. The largest absolute Gasteiger partial charge is 0.330 e. The van der Waals surface area contributed by atoms with Crippen molar-refractivity contribution in [2.75, 3.05) is 0 Å². The SMILES string of the molecule is Fc1cccc(Cl)c1Cn1ccnc1Cc1cccc(Br)c1. The maximum absolute atomic E-state index is 13.9. The maximum Gasteiger partial charge on any atom is 0.129 e. The molecular formula is C17H13BrClFN2. The summed E-state index contributed by atoms with van der Waals surface area (Å²) in [5.41, 5.74) is 1.62. The molecule has 0 N–H and O–H groups in total. The zero-order valence-corrected chi connectivity index (χ0v) is 14.0. The molecule has 0 atom stereocenters. The molecule has 2 aromatic carbocycles. The van der Waals surface area contributed by atoms with Crippen LogP contribution in [0.1, 0.15) is 17.0 Å². The molecular weight excluding hydrogens is 367 g/mol. The number of imidazole rings is 1. The van der Waals surface area contributed by atoms with Gasteiger partial charge >= 0.3 is 0 Å². The number of hydrogen-bond acceptors (Lipinski definition) is 1. The second-order valence-corrected chi connectivity index (χ2v) is 6.30. The molecule has 0 aliphatic carbocycles. The van der Waals surface area contributed by atoms with Crippen molar-refractivity contribution in [3.8, 4) is 0 Å². The Morgan fingerprint density at radius 1 is 1.18 bits per heavy atom. The van der Waals surface area contributed by atoms with Crippen molar-refractivity contribution in [1.29, 1.82) is 0 Å². The number of rotatable bonds is 4. The third-order valence-electron chi connectivity index (χ3n) is 3.44. The normalized spacial score (nSPS) is 10.9. The molecule has 22 heavy (non-hydrogen) atoms. The number of benzene rings is 2. The van der Waals surface area contributed by atoms with Gasteiger partial charge in [-0.2, -0.15) is 0 Å². The molecule has 0 aliphatic rings. The highest BCUT2D eigenvalue weighted by Gasteiger charge is 2.11. The molecule has 2 nitrogen and oxygen atoms in total. The van der Waals surface area contributed by atoms with Crippen LogP contribution >= 0.6 is 27.5 Å². The zero-order valence-electron chi connectivity index (χ0n) is 11.6. The van der Waals surface area contributed by atoms with E-state index in [2.05, 4.69) is 27.0 Å². The average molecular weight is 380 g/mol. The van der Waals surface area contributed by atoms with Gasteiger partial charge in [0.15, 0.2) is 0 Å². The molecule has 0 bridgehead atoms. The van der Waals surface area contributed by atoms with Gasteiger partial charge in [-0.1, -0.05) is 45.7 Å². The van der Waals surface area contributed by atoms with Gasteiger partial charge in [-0.25, -0.2) is 9.37 Å². The third-order valence-corrected chi connectivity index (χ3v) is 4.29. The van der Waals surface area contributed by atoms with Gasteiger partial charge in [-0.3, -0.25) is 0 Å². The van der Waals surface area contributed by atoms with Crippen molar-refractivity contribution in [1.82, 2.24) is 9.55 Å². The molecule has 1 heterocycles. The molecule has 5 heteroatoms. The van der Waals surface area contributed by atoms with E-state index >= 15 is 0 Å². The first kappa shape index (κ1) is 15.3. The second-order valence-electron chi connectivity index (χ2n) is 4.98. The minimum atomic E-state index is -0.297. The van der Waals surface area contributed by atoms with E-state index < -0.39 is 0 Å². The maximum atomic E-state index is 13.9. The molecule has 0 aliphatic heterocycles. The van der Waals surface area contributed by atoms with Crippen LogP contribution in [0.2, 0.25) is 5.02 Å². The fraction of sp³-hybridized carbons (Fsp3) is 0.118. The smallest absolute Gasteiger partial charge is 0.129 e. The Balaban J connectivity index is 1.86. The Kier molecular flexibility index (Phi) is 4.60. The van der Waals surface area contributed by atoms with E-state index in [-0.39, 0.29) is 5.82 Å². The molecule has 0 fully saturated rings. The lowest BCUT2D eigenvalue weighted by atomic mass is 10.1. The summed E-state index contributed by atoms with van der Waals surface area (Å²) in [5, 5.41) is 0.433. The Morgan fingerprint density at radius 3 is 2.77 bits per heavy atom. The van der Waals surface area contributed by atoms with Crippen LogP contribution in [-0.2, 0) is 13.0 Å². The predicted molar refractivity (Wildman–Crippen MR) is 89.7 cm³/mol. The van der Waals surface area contributed by atoms with E-state index in [4.69, 9.17) is 11.6 Å². The first-order chi connectivity index (χ1) is 10.6. The summed E-state index contributed by atoms with van der Waals surface area (Å²) in [4.78, 5) is 4.38. The van der Waals surface area contributed by atoms with Crippen LogP contribution in [0.15, 0.2) is 59.3 Å². The van der Waals surface area contributed by atoms with E-state index in [9.17, 15) is 4.39 Å². The van der Waals surface area contributed by atoms with Crippen LogP contribution in [-0.4, -0.2) is 9.55 Å². The minimum Gasteiger partial charge on any atom is -0.330 e. The van der Waals surface area contributed by atoms with Gasteiger partial charge < -0.3 is 4.57 Å². The molecule has 3 rings (SSSR count). The lowest BCUT2D eigenvalue weighted by Crippen LogP contribution is -2.07. The Bertz CT molecular complexity index is 781. The van der Waals surface area contributed by atoms with Crippen molar-refractivity contribution in [2.45, 2.75) is 13.0 Å². The van der Waals surface area contributed by atoms with Crippen LogP contribution in [0.25, 0.3) is 0 Å². The van der Waals surface area contributed by atoms with Crippen LogP contribution in [0.5, 0.6) is 0 Å². The van der Waals surface area contributed by atoms with Crippen molar-refractivity contribution < 1.29 is 4.39 Å². The standard InChI is InChI=1S/C17H13BrClFN2/c18-13-4-1-3-12(9-13)10-17-21-7-8-22(17)11-14-15(19)5-2-6-16(14)20/h1-9H,10-11H2. The number of hydrogen-bond donors (Lipinski definition) is 0. The molecule has 0 amide bonds. The molecule has 3 aromatic rings. The van der Waals surface area contributed by atoms with Crippen LogP contribution in [0, 0.1) is 5.82 Å². The fourth-order valence-corrected chi connectivity index (χ4v) is 3.00. The van der Waals surface area contributed by atoms with Gasteiger partial charge in [0.05, 0.1) is 6.54 Å².